The van der Waals surface area contributed by atoms with Crippen LogP contribution in [0.2, 0.25) is 0 Å². The van der Waals surface area contributed by atoms with E-state index in [1.807, 2.05) is 38.1 Å². The van der Waals surface area contributed by atoms with E-state index in [4.69, 9.17) is 0 Å². The van der Waals surface area contributed by atoms with E-state index in [0.29, 0.717) is 11.3 Å². The van der Waals surface area contributed by atoms with Crippen molar-refractivity contribution in [3.05, 3.63) is 53.3 Å². The summed E-state index contributed by atoms with van der Waals surface area (Å²) < 4.78 is 2.10. The Balaban J connectivity index is 1.83. The van der Waals surface area contributed by atoms with Crippen molar-refractivity contribution in [3.63, 3.8) is 0 Å². The number of ketones is 1. The summed E-state index contributed by atoms with van der Waals surface area (Å²) in [5.74, 6) is -0.561. The van der Waals surface area contributed by atoms with E-state index in [0.717, 1.165) is 29.3 Å². The Morgan fingerprint density at radius 1 is 1.11 bits per heavy atom. The van der Waals surface area contributed by atoms with Gasteiger partial charge in [0.2, 0.25) is 0 Å². The van der Waals surface area contributed by atoms with Crippen LogP contribution in [0.1, 0.15) is 42.0 Å². The number of urea groups is 1. The number of imide groups is 1. The summed E-state index contributed by atoms with van der Waals surface area (Å²) >= 11 is 0. The van der Waals surface area contributed by atoms with E-state index >= 15 is 0 Å². The molecule has 1 aromatic heterocycles. The largest absolute Gasteiger partial charge is 0.348 e. The number of hydrogen-bond acceptors (Lipinski definition) is 3. The van der Waals surface area contributed by atoms with Gasteiger partial charge < -0.3 is 4.57 Å². The van der Waals surface area contributed by atoms with Crippen LogP contribution in [0.15, 0.2) is 36.4 Å². The van der Waals surface area contributed by atoms with E-state index in [2.05, 4.69) is 11.5 Å². The fourth-order valence-electron chi connectivity index (χ4n) is 3.67. The average molecular weight is 367 g/mol. The number of benzene rings is 1. The lowest BCUT2D eigenvalue weighted by Gasteiger charge is -2.19. The molecule has 1 unspecified atom stereocenters. The molecular formula is C21H25N3O3. The highest BCUT2D eigenvalue weighted by Crippen LogP contribution is 2.26. The van der Waals surface area contributed by atoms with Crippen LogP contribution >= 0.6 is 0 Å². The molecule has 3 amide bonds. The van der Waals surface area contributed by atoms with Crippen LogP contribution in [-0.4, -0.2) is 39.8 Å². The van der Waals surface area contributed by atoms with Gasteiger partial charge in [-0.2, -0.15) is 0 Å². The maximum absolute atomic E-state index is 12.9. The number of aromatic nitrogens is 1. The van der Waals surface area contributed by atoms with Gasteiger partial charge in [-0.15, -0.1) is 0 Å². The van der Waals surface area contributed by atoms with E-state index < -0.39 is 12.1 Å². The quantitative estimate of drug-likeness (QED) is 0.579. The lowest BCUT2D eigenvalue weighted by Crippen LogP contribution is -2.37. The molecule has 142 valence electrons. The third-order valence-electron chi connectivity index (χ3n) is 5.11. The lowest BCUT2D eigenvalue weighted by atomic mass is 10.1. The Bertz CT molecular complexity index is 886. The lowest BCUT2D eigenvalue weighted by molar-refractivity contribution is -0.126. The molecule has 3 rings (SSSR count). The number of carbonyl (C=O) groups is 3. The van der Waals surface area contributed by atoms with Crippen LogP contribution < -0.4 is 4.90 Å². The Hall–Kier alpha value is -2.89. The zero-order valence-corrected chi connectivity index (χ0v) is 16.2. The van der Waals surface area contributed by atoms with Gasteiger partial charge >= 0.3 is 6.03 Å². The normalized spacial score (nSPS) is 17.1. The Morgan fingerprint density at radius 3 is 2.41 bits per heavy atom. The smallest absolute Gasteiger partial charge is 0.332 e. The number of carbonyl (C=O) groups excluding carboxylic acids is 3. The molecule has 6 nitrogen and oxygen atoms in total. The number of amides is 3. The van der Waals surface area contributed by atoms with Crippen LogP contribution in [0.4, 0.5) is 10.5 Å². The van der Waals surface area contributed by atoms with Gasteiger partial charge in [0.05, 0.1) is 6.54 Å². The zero-order valence-electron chi connectivity index (χ0n) is 16.2. The molecule has 2 aromatic rings. The van der Waals surface area contributed by atoms with Gasteiger partial charge in [0.1, 0.15) is 6.04 Å². The van der Waals surface area contributed by atoms with Crippen molar-refractivity contribution in [2.24, 2.45) is 0 Å². The number of para-hydroxylation sites is 1. The molecule has 1 saturated heterocycles. The second-order valence-corrected chi connectivity index (χ2v) is 6.95. The summed E-state index contributed by atoms with van der Waals surface area (Å²) in [6, 6.07) is 9.82. The molecule has 6 heteroatoms. The van der Waals surface area contributed by atoms with Crippen molar-refractivity contribution in [1.29, 1.82) is 0 Å². The van der Waals surface area contributed by atoms with E-state index in [-0.39, 0.29) is 18.2 Å². The fraction of sp³-hybridized carbons (Fsp3) is 0.381. The molecule has 0 spiro atoms. The predicted molar refractivity (Wildman–Crippen MR) is 104 cm³/mol. The molecule has 0 N–H and O–H groups in total. The van der Waals surface area contributed by atoms with Crippen molar-refractivity contribution in [3.8, 4) is 0 Å². The first-order valence-corrected chi connectivity index (χ1v) is 9.26. The maximum Gasteiger partial charge on any atom is 0.332 e. The Labute approximate surface area is 159 Å². The van der Waals surface area contributed by atoms with Crippen LogP contribution in [0.3, 0.4) is 0 Å². The summed E-state index contributed by atoms with van der Waals surface area (Å²) in [5.41, 5.74) is 3.12. The van der Waals surface area contributed by atoms with Crippen molar-refractivity contribution in [2.75, 3.05) is 11.4 Å². The van der Waals surface area contributed by atoms with Crippen LogP contribution in [0.5, 0.6) is 0 Å². The average Bonchev–Trinajstić information content (AvgIpc) is 3.05. The van der Waals surface area contributed by atoms with Crippen molar-refractivity contribution in [2.45, 2.75) is 46.7 Å². The first-order chi connectivity index (χ1) is 12.9. The fourth-order valence-corrected chi connectivity index (χ4v) is 3.67. The zero-order chi connectivity index (χ0) is 19.7. The second kappa shape index (κ2) is 7.39. The highest BCUT2D eigenvalue weighted by atomic mass is 16.2. The molecule has 1 atom stereocenters. The standard InChI is InChI=1S/C21H25N3O3/c1-5-11-22-14(2)12-18(15(22)3)19(25)13-23-20(26)16(4)24(21(23)27)17-9-7-6-8-10-17/h6-10,12,16H,5,11,13H2,1-4H3. The Morgan fingerprint density at radius 2 is 1.78 bits per heavy atom. The summed E-state index contributed by atoms with van der Waals surface area (Å²) in [4.78, 5) is 40.8. The van der Waals surface area contributed by atoms with Crippen molar-refractivity contribution < 1.29 is 14.4 Å². The van der Waals surface area contributed by atoms with Crippen LogP contribution in [-0.2, 0) is 11.3 Å². The van der Waals surface area contributed by atoms with E-state index in [9.17, 15) is 14.4 Å². The van der Waals surface area contributed by atoms with Gasteiger partial charge in [-0.05, 0) is 45.4 Å². The summed E-state index contributed by atoms with van der Waals surface area (Å²) in [5, 5.41) is 0. The highest BCUT2D eigenvalue weighted by molar-refractivity contribution is 6.16. The van der Waals surface area contributed by atoms with Crippen molar-refractivity contribution in [1.82, 2.24) is 9.47 Å². The van der Waals surface area contributed by atoms with Crippen molar-refractivity contribution >= 4 is 23.4 Å². The summed E-state index contributed by atoms with van der Waals surface area (Å²) in [7, 11) is 0. The highest BCUT2D eigenvalue weighted by Gasteiger charge is 2.44. The second-order valence-electron chi connectivity index (χ2n) is 6.95. The van der Waals surface area contributed by atoms with Gasteiger partial charge in [0, 0.05) is 29.2 Å². The van der Waals surface area contributed by atoms with Gasteiger partial charge in [0.25, 0.3) is 5.91 Å². The minimum absolute atomic E-state index is 0.214. The number of aryl methyl sites for hydroxylation is 1. The topological polar surface area (TPSA) is 62.6 Å². The molecular weight excluding hydrogens is 342 g/mol. The molecule has 0 bridgehead atoms. The third kappa shape index (κ3) is 3.27. The molecule has 1 aromatic carbocycles. The third-order valence-corrected chi connectivity index (χ3v) is 5.11. The van der Waals surface area contributed by atoms with E-state index in [1.165, 1.54) is 4.90 Å². The molecule has 1 aliphatic heterocycles. The summed E-state index contributed by atoms with van der Waals surface area (Å²) in [6.45, 7) is 8.24. The number of rotatable bonds is 6. The maximum atomic E-state index is 12.9. The molecule has 27 heavy (non-hydrogen) atoms. The molecule has 0 saturated carbocycles. The number of anilines is 1. The Kier molecular flexibility index (Phi) is 5.17. The van der Waals surface area contributed by atoms with Crippen LogP contribution in [0.25, 0.3) is 0 Å². The minimum Gasteiger partial charge on any atom is -0.348 e. The minimum atomic E-state index is -0.625. The molecule has 1 aliphatic rings. The molecule has 0 radical (unpaired) electrons. The number of Topliss-reactive ketones (excluding diaryl/α,β-unsaturated/α-hetero) is 1. The first-order valence-electron chi connectivity index (χ1n) is 9.26. The van der Waals surface area contributed by atoms with Crippen LogP contribution in [0, 0.1) is 13.8 Å². The molecule has 0 aliphatic carbocycles. The van der Waals surface area contributed by atoms with Gasteiger partial charge in [-0.1, -0.05) is 25.1 Å². The predicted octanol–water partition coefficient (Wildman–Crippen LogP) is 3.55. The first kappa shape index (κ1) is 18.9. The van der Waals surface area contributed by atoms with Gasteiger partial charge in [-0.25, -0.2) is 4.79 Å². The molecule has 2 heterocycles. The van der Waals surface area contributed by atoms with E-state index in [1.54, 1.807) is 19.1 Å². The SMILES string of the molecule is CCCn1c(C)cc(C(=O)CN2C(=O)C(C)N(c3ccccc3)C2=O)c1C. The molecule has 1 fully saturated rings. The van der Waals surface area contributed by atoms with Gasteiger partial charge in [-0.3, -0.25) is 19.4 Å². The summed E-state index contributed by atoms with van der Waals surface area (Å²) in [6.07, 6.45) is 0.969. The number of hydrogen-bond donors (Lipinski definition) is 0. The number of nitrogens with zero attached hydrogens (tertiary/aromatic N) is 3. The monoisotopic (exact) mass is 367 g/mol. The van der Waals surface area contributed by atoms with Gasteiger partial charge in [0.15, 0.2) is 5.78 Å².